The van der Waals surface area contributed by atoms with Crippen LogP contribution in [-0.2, 0) is 6.54 Å². The number of nitrogens with one attached hydrogen (secondary N) is 2. The maximum absolute atomic E-state index is 5.47. The highest BCUT2D eigenvalue weighted by molar-refractivity contribution is 5.41. The van der Waals surface area contributed by atoms with Gasteiger partial charge < -0.3 is 15.1 Å². The van der Waals surface area contributed by atoms with Crippen LogP contribution in [0.25, 0.3) is 0 Å². The Morgan fingerprint density at radius 3 is 2.61 bits per heavy atom. The summed E-state index contributed by atoms with van der Waals surface area (Å²) in [6, 6.07) is 3.90. The monoisotopic (exact) mass is 246 g/mol. The van der Waals surface area contributed by atoms with Crippen LogP contribution in [-0.4, -0.2) is 16.5 Å². The predicted molar refractivity (Wildman–Crippen MR) is 71.6 cm³/mol. The van der Waals surface area contributed by atoms with Crippen molar-refractivity contribution in [3.8, 4) is 0 Å². The number of nitrogens with zero attached hydrogens (tertiary/aromatic N) is 2. The van der Waals surface area contributed by atoms with Crippen molar-refractivity contribution in [2.45, 2.75) is 26.8 Å². The van der Waals surface area contributed by atoms with E-state index < -0.39 is 0 Å². The van der Waals surface area contributed by atoms with Gasteiger partial charge in [-0.15, -0.1) is 0 Å². The van der Waals surface area contributed by atoms with E-state index in [2.05, 4.69) is 27.5 Å². The lowest BCUT2D eigenvalue weighted by atomic mass is 10.4. The lowest BCUT2D eigenvalue weighted by Crippen LogP contribution is -2.06. The molecule has 0 radical (unpaired) electrons. The Labute approximate surface area is 107 Å². The predicted octanol–water partition coefficient (Wildman–Crippen LogP) is 2.81. The SMILES string of the molecule is CCCNc1cncc(NCc2ccc(C)o2)n1. The average Bonchev–Trinajstić information content (AvgIpc) is 2.80. The molecule has 2 heterocycles. The molecule has 0 saturated carbocycles. The van der Waals surface area contributed by atoms with Gasteiger partial charge in [0.15, 0.2) is 0 Å². The first-order chi connectivity index (χ1) is 8.78. The van der Waals surface area contributed by atoms with Gasteiger partial charge >= 0.3 is 0 Å². The summed E-state index contributed by atoms with van der Waals surface area (Å²) < 4.78 is 5.47. The molecule has 0 atom stereocenters. The molecule has 2 rings (SSSR count). The molecule has 0 aromatic carbocycles. The molecule has 0 aliphatic rings. The number of hydrogen-bond donors (Lipinski definition) is 2. The van der Waals surface area contributed by atoms with Crippen molar-refractivity contribution in [3.63, 3.8) is 0 Å². The first-order valence-electron chi connectivity index (χ1n) is 6.13. The van der Waals surface area contributed by atoms with Gasteiger partial charge in [0, 0.05) is 6.54 Å². The zero-order valence-electron chi connectivity index (χ0n) is 10.7. The van der Waals surface area contributed by atoms with Crippen LogP contribution in [0.3, 0.4) is 0 Å². The Bertz CT molecular complexity index is 495. The van der Waals surface area contributed by atoms with E-state index in [4.69, 9.17) is 4.42 Å². The van der Waals surface area contributed by atoms with E-state index in [0.717, 1.165) is 36.1 Å². The molecule has 0 aliphatic heterocycles. The van der Waals surface area contributed by atoms with Gasteiger partial charge in [-0.2, -0.15) is 0 Å². The molecule has 96 valence electrons. The van der Waals surface area contributed by atoms with E-state index in [1.54, 1.807) is 12.4 Å². The van der Waals surface area contributed by atoms with Crippen molar-refractivity contribution in [3.05, 3.63) is 36.0 Å². The first-order valence-corrected chi connectivity index (χ1v) is 6.13. The summed E-state index contributed by atoms with van der Waals surface area (Å²) in [7, 11) is 0. The zero-order chi connectivity index (χ0) is 12.8. The summed E-state index contributed by atoms with van der Waals surface area (Å²) in [6.45, 7) is 5.55. The van der Waals surface area contributed by atoms with Gasteiger partial charge in [0.2, 0.25) is 0 Å². The van der Waals surface area contributed by atoms with E-state index in [0.29, 0.717) is 6.54 Å². The largest absolute Gasteiger partial charge is 0.465 e. The summed E-state index contributed by atoms with van der Waals surface area (Å²) in [5, 5.41) is 6.38. The van der Waals surface area contributed by atoms with Gasteiger partial charge in [0.25, 0.3) is 0 Å². The molecule has 5 nitrogen and oxygen atoms in total. The first kappa shape index (κ1) is 12.4. The van der Waals surface area contributed by atoms with Gasteiger partial charge in [-0.3, -0.25) is 4.98 Å². The summed E-state index contributed by atoms with van der Waals surface area (Å²) in [5.74, 6) is 3.33. The molecule has 0 spiro atoms. The third kappa shape index (κ3) is 3.48. The Morgan fingerprint density at radius 1 is 1.17 bits per heavy atom. The van der Waals surface area contributed by atoms with Crippen LogP contribution in [0.2, 0.25) is 0 Å². The van der Waals surface area contributed by atoms with Crippen molar-refractivity contribution in [2.75, 3.05) is 17.2 Å². The van der Waals surface area contributed by atoms with E-state index in [-0.39, 0.29) is 0 Å². The fourth-order valence-electron chi connectivity index (χ4n) is 1.55. The minimum atomic E-state index is 0.611. The molecular weight excluding hydrogens is 228 g/mol. The summed E-state index contributed by atoms with van der Waals surface area (Å²) in [6.07, 6.45) is 4.48. The average molecular weight is 246 g/mol. The fraction of sp³-hybridized carbons (Fsp3) is 0.385. The number of furan rings is 1. The third-order valence-electron chi connectivity index (χ3n) is 2.43. The number of aromatic nitrogens is 2. The van der Waals surface area contributed by atoms with Crippen molar-refractivity contribution in [1.82, 2.24) is 9.97 Å². The lowest BCUT2D eigenvalue weighted by Gasteiger charge is -2.06. The molecule has 2 aromatic heterocycles. The van der Waals surface area contributed by atoms with Crippen LogP contribution in [0.1, 0.15) is 24.9 Å². The topological polar surface area (TPSA) is 63.0 Å². The highest BCUT2D eigenvalue weighted by Crippen LogP contribution is 2.10. The molecule has 0 unspecified atom stereocenters. The zero-order valence-corrected chi connectivity index (χ0v) is 10.7. The summed E-state index contributed by atoms with van der Waals surface area (Å²) >= 11 is 0. The standard InChI is InChI=1S/C13H18N4O/c1-3-6-15-12-8-14-9-13(17-12)16-7-11-5-4-10(2)18-11/h4-5,8-9H,3,6-7H2,1-2H3,(H2,15,16,17). The number of anilines is 2. The Hall–Kier alpha value is -2.04. The van der Waals surface area contributed by atoms with E-state index in [1.165, 1.54) is 0 Å². The van der Waals surface area contributed by atoms with E-state index >= 15 is 0 Å². The second-order valence-electron chi connectivity index (χ2n) is 4.08. The molecule has 0 saturated heterocycles. The Kier molecular flexibility index (Phi) is 4.17. The van der Waals surface area contributed by atoms with Crippen LogP contribution in [0.15, 0.2) is 28.9 Å². The second-order valence-corrected chi connectivity index (χ2v) is 4.08. The van der Waals surface area contributed by atoms with Crippen LogP contribution in [0, 0.1) is 6.92 Å². The number of rotatable bonds is 6. The smallest absolute Gasteiger partial charge is 0.147 e. The summed E-state index contributed by atoms with van der Waals surface area (Å²) in [4.78, 5) is 8.54. The molecule has 2 N–H and O–H groups in total. The van der Waals surface area contributed by atoms with Crippen molar-refractivity contribution in [1.29, 1.82) is 0 Å². The van der Waals surface area contributed by atoms with Gasteiger partial charge in [-0.25, -0.2) is 4.98 Å². The normalized spacial score (nSPS) is 10.3. The molecule has 0 aliphatic carbocycles. The molecule has 0 fully saturated rings. The van der Waals surface area contributed by atoms with Crippen molar-refractivity contribution < 1.29 is 4.42 Å². The van der Waals surface area contributed by atoms with E-state index in [1.807, 2.05) is 19.1 Å². The van der Waals surface area contributed by atoms with Gasteiger partial charge in [-0.1, -0.05) is 6.92 Å². The fourth-order valence-corrected chi connectivity index (χ4v) is 1.55. The van der Waals surface area contributed by atoms with E-state index in [9.17, 15) is 0 Å². The van der Waals surface area contributed by atoms with Crippen LogP contribution >= 0.6 is 0 Å². The Morgan fingerprint density at radius 2 is 1.94 bits per heavy atom. The van der Waals surface area contributed by atoms with Gasteiger partial charge in [0.1, 0.15) is 23.2 Å². The molecule has 0 bridgehead atoms. The minimum absolute atomic E-state index is 0.611. The van der Waals surface area contributed by atoms with Crippen LogP contribution in [0.5, 0.6) is 0 Å². The number of aryl methyl sites for hydroxylation is 1. The maximum atomic E-state index is 5.47. The molecule has 18 heavy (non-hydrogen) atoms. The highest BCUT2D eigenvalue weighted by atomic mass is 16.3. The number of hydrogen-bond acceptors (Lipinski definition) is 5. The van der Waals surface area contributed by atoms with Gasteiger partial charge in [0.05, 0.1) is 18.9 Å². The van der Waals surface area contributed by atoms with Crippen LogP contribution < -0.4 is 10.6 Å². The minimum Gasteiger partial charge on any atom is -0.465 e. The molecule has 0 amide bonds. The molecular formula is C13H18N4O. The molecule has 5 heteroatoms. The van der Waals surface area contributed by atoms with Crippen molar-refractivity contribution in [2.24, 2.45) is 0 Å². The second kappa shape index (κ2) is 6.05. The lowest BCUT2D eigenvalue weighted by molar-refractivity contribution is 0.490. The highest BCUT2D eigenvalue weighted by Gasteiger charge is 2.01. The third-order valence-corrected chi connectivity index (χ3v) is 2.43. The maximum Gasteiger partial charge on any atom is 0.147 e. The molecule has 2 aromatic rings. The Balaban J connectivity index is 1.92. The van der Waals surface area contributed by atoms with Crippen LogP contribution in [0.4, 0.5) is 11.6 Å². The quantitative estimate of drug-likeness (QED) is 0.820. The van der Waals surface area contributed by atoms with Gasteiger partial charge in [-0.05, 0) is 25.5 Å². The van der Waals surface area contributed by atoms with Crippen molar-refractivity contribution >= 4 is 11.6 Å². The summed E-state index contributed by atoms with van der Waals surface area (Å²) in [5.41, 5.74) is 0.